The number of amides is 2. The van der Waals surface area contributed by atoms with Gasteiger partial charge < -0.3 is 30.1 Å². The number of H-pyrrole nitrogens is 2. The average molecular weight is 863 g/mol. The van der Waals surface area contributed by atoms with Gasteiger partial charge in [-0.25, -0.2) is 0 Å². The van der Waals surface area contributed by atoms with Crippen molar-refractivity contribution in [3.8, 4) is 0 Å². The molecule has 0 atom stereocenters. The highest BCUT2D eigenvalue weighted by atomic mass is 16.5. The van der Waals surface area contributed by atoms with E-state index in [-0.39, 0.29) is 11.8 Å². The second-order valence-corrected chi connectivity index (χ2v) is 17.2. The van der Waals surface area contributed by atoms with Gasteiger partial charge in [0.15, 0.2) is 0 Å². The van der Waals surface area contributed by atoms with Gasteiger partial charge >= 0.3 is 0 Å². The third-order valence-electron chi connectivity index (χ3n) is 12.9. The second kappa shape index (κ2) is 17.9. The van der Waals surface area contributed by atoms with Crippen molar-refractivity contribution in [2.45, 2.75) is 26.1 Å². The second-order valence-electron chi connectivity index (χ2n) is 17.2. The first-order valence-electron chi connectivity index (χ1n) is 22.6. The van der Waals surface area contributed by atoms with E-state index < -0.39 is 0 Å². The summed E-state index contributed by atoms with van der Waals surface area (Å²) in [4.78, 5) is 45.7. The number of benzene rings is 4. The number of morpholine rings is 2. The molecule has 4 aliphatic rings. The molecule has 4 aromatic carbocycles. The minimum atomic E-state index is -0.00302. The van der Waals surface area contributed by atoms with Crippen LogP contribution >= 0.6 is 0 Å². The van der Waals surface area contributed by atoms with E-state index in [1.807, 2.05) is 36.7 Å². The molecule has 8 heterocycles. The Labute approximate surface area is 376 Å². The van der Waals surface area contributed by atoms with Gasteiger partial charge in [-0.2, -0.15) is 0 Å². The van der Waals surface area contributed by atoms with E-state index in [0.29, 0.717) is 13.1 Å². The average Bonchev–Trinajstić information content (AvgIpc) is 4.04. The minimum Gasteiger partial charge on any atom is -0.379 e. The summed E-state index contributed by atoms with van der Waals surface area (Å²) in [5.74, 6) is 0.00437. The standard InChI is InChI=1S/C27H26N4O2.C26H24N4O2/c32-27-25-22-7-5-20-16-29-21(15-23(20)26(22)30-24(25)8-9-28-27)6-4-18-2-1-3-19(14-18)17-31-10-12-33-13-11-31;31-26-24-21-7-5-19-14-27-20(13-22(19)25(21)29-23(24)15-28-26)6-4-17-2-1-3-18(12-17)16-30-8-10-32-11-9-30/h1-7,14-16,30H,8-13,17H2,(H,28,32);1-7,12-14,29H,8-11,15-16H2,(H,28,31)/b2*6-4+. The molecule has 0 radical (unpaired) electrons. The molecule has 0 aliphatic carbocycles. The molecule has 2 fully saturated rings. The number of fused-ring (bicyclic) bond motifs is 10. The molecular weight excluding hydrogens is 813 g/mol. The molecule has 0 bridgehead atoms. The zero-order valence-electron chi connectivity index (χ0n) is 36.2. The number of nitrogens with one attached hydrogen (secondary N) is 4. The quantitative estimate of drug-likeness (QED) is 0.121. The SMILES string of the molecule is O=C1NCCc2[nH]c3c(ccc4cnc(/C=C/c5cccc(CN6CCOCC6)c5)cc43)c21.O=C1NCc2[nH]c3c(ccc4cnc(/C=C/c5cccc(CN6CCOCC6)c5)cc43)c21. The van der Waals surface area contributed by atoms with Gasteiger partial charge in [0, 0.05) is 108 Å². The summed E-state index contributed by atoms with van der Waals surface area (Å²) in [7, 11) is 0. The summed E-state index contributed by atoms with van der Waals surface area (Å²) in [5, 5.41) is 12.1. The Balaban J connectivity index is 0.000000144. The van der Waals surface area contributed by atoms with Gasteiger partial charge in [-0.1, -0.05) is 84.9 Å². The van der Waals surface area contributed by atoms with E-state index >= 15 is 0 Å². The maximum absolute atomic E-state index is 12.4. The summed E-state index contributed by atoms with van der Waals surface area (Å²) in [6, 6.07) is 29.6. The normalized spacial score (nSPS) is 16.9. The van der Waals surface area contributed by atoms with Crippen LogP contribution in [0.2, 0.25) is 0 Å². The van der Waals surface area contributed by atoms with Gasteiger partial charge in [0.2, 0.25) is 0 Å². The van der Waals surface area contributed by atoms with Crippen molar-refractivity contribution in [2.75, 3.05) is 59.2 Å². The van der Waals surface area contributed by atoms with Crippen LogP contribution in [0.3, 0.4) is 0 Å². The monoisotopic (exact) mass is 862 g/mol. The van der Waals surface area contributed by atoms with Crippen molar-refractivity contribution in [3.05, 3.63) is 153 Å². The van der Waals surface area contributed by atoms with E-state index in [0.717, 1.165) is 160 Å². The van der Waals surface area contributed by atoms with E-state index in [2.05, 4.69) is 125 Å². The summed E-state index contributed by atoms with van der Waals surface area (Å²) in [5.41, 5.74) is 12.3. The fourth-order valence-electron chi connectivity index (χ4n) is 9.56. The molecule has 12 nitrogen and oxygen atoms in total. The van der Waals surface area contributed by atoms with Crippen LogP contribution < -0.4 is 10.6 Å². The summed E-state index contributed by atoms with van der Waals surface area (Å²) >= 11 is 0. The lowest BCUT2D eigenvalue weighted by atomic mass is 10.0. The molecule has 12 heteroatoms. The van der Waals surface area contributed by atoms with Crippen LogP contribution in [-0.2, 0) is 35.5 Å². The first kappa shape index (κ1) is 40.8. The fraction of sp³-hybridized carbons (Fsp3) is 0.245. The van der Waals surface area contributed by atoms with Crippen LogP contribution in [0.15, 0.2) is 97.3 Å². The predicted molar refractivity (Wildman–Crippen MR) is 257 cm³/mol. The van der Waals surface area contributed by atoms with Crippen LogP contribution in [0.4, 0.5) is 0 Å². The van der Waals surface area contributed by atoms with E-state index in [1.54, 1.807) is 0 Å². The Morgan fingerprint density at radius 2 is 1.06 bits per heavy atom. The molecule has 0 saturated carbocycles. The molecule has 0 unspecified atom stereocenters. The number of pyridine rings is 2. The smallest absolute Gasteiger partial charge is 0.254 e. The van der Waals surface area contributed by atoms with Crippen LogP contribution in [0, 0.1) is 0 Å². The largest absolute Gasteiger partial charge is 0.379 e. The van der Waals surface area contributed by atoms with Gasteiger partial charge in [0.1, 0.15) is 0 Å². The number of rotatable bonds is 8. The Hall–Kier alpha value is -6.96. The summed E-state index contributed by atoms with van der Waals surface area (Å²) in [6.45, 7) is 10.3. The number of aromatic nitrogens is 4. The zero-order chi connectivity index (χ0) is 43.7. The summed E-state index contributed by atoms with van der Waals surface area (Å²) < 4.78 is 10.9. The van der Waals surface area contributed by atoms with Gasteiger partial charge in [-0.05, 0) is 46.5 Å². The van der Waals surface area contributed by atoms with Gasteiger partial charge in [0.25, 0.3) is 11.8 Å². The van der Waals surface area contributed by atoms with Crippen LogP contribution in [-0.4, -0.2) is 101 Å². The lowest BCUT2D eigenvalue weighted by Crippen LogP contribution is -2.35. The highest BCUT2D eigenvalue weighted by Gasteiger charge is 2.25. The van der Waals surface area contributed by atoms with Gasteiger partial charge in [-0.15, -0.1) is 0 Å². The Morgan fingerprint density at radius 1 is 0.554 bits per heavy atom. The van der Waals surface area contributed by atoms with Crippen molar-refractivity contribution < 1.29 is 19.1 Å². The topological polar surface area (TPSA) is 140 Å². The Bertz CT molecular complexity index is 3170. The highest BCUT2D eigenvalue weighted by Crippen LogP contribution is 2.33. The van der Waals surface area contributed by atoms with E-state index in [4.69, 9.17) is 9.47 Å². The van der Waals surface area contributed by atoms with Crippen molar-refractivity contribution in [1.82, 2.24) is 40.4 Å². The molecule has 0 spiro atoms. The molecule has 65 heavy (non-hydrogen) atoms. The Morgan fingerprint density at radius 3 is 1.62 bits per heavy atom. The molecule has 326 valence electrons. The molecule has 4 N–H and O–H groups in total. The molecule has 12 rings (SSSR count). The van der Waals surface area contributed by atoms with E-state index in [9.17, 15) is 9.59 Å². The molecular formula is C53H50N8O4. The third-order valence-corrected chi connectivity index (χ3v) is 12.9. The van der Waals surface area contributed by atoms with Gasteiger partial charge in [0.05, 0.1) is 66.5 Å². The number of hydrogen-bond donors (Lipinski definition) is 4. The maximum atomic E-state index is 12.4. The van der Waals surface area contributed by atoms with Crippen LogP contribution in [0.25, 0.3) is 67.7 Å². The summed E-state index contributed by atoms with van der Waals surface area (Å²) in [6.07, 6.45) is 13.0. The highest BCUT2D eigenvalue weighted by molar-refractivity contribution is 6.17. The molecule has 4 aromatic heterocycles. The number of aromatic amines is 2. The van der Waals surface area contributed by atoms with Gasteiger partial charge in [-0.3, -0.25) is 29.4 Å². The number of carbonyl (C=O) groups excluding carboxylic acids is 2. The van der Waals surface area contributed by atoms with Crippen molar-refractivity contribution in [2.24, 2.45) is 0 Å². The van der Waals surface area contributed by atoms with Crippen molar-refractivity contribution >= 4 is 79.5 Å². The number of ether oxygens (including phenoxy) is 2. The number of carbonyl (C=O) groups is 2. The van der Waals surface area contributed by atoms with Crippen LogP contribution in [0.1, 0.15) is 65.7 Å². The van der Waals surface area contributed by atoms with Crippen LogP contribution in [0.5, 0.6) is 0 Å². The van der Waals surface area contributed by atoms with Crippen molar-refractivity contribution in [3.63, 3.8) is 0 Å². The lowest BCUT2D eigenvalue weighted by molar-refractivity contribution is 0.0341. The maximum Gasteiger partial charge on any atom is 0.254 e. The molecule has 8 aromatic rings. The lowest BCUT2D eigenvalue weighted by Gasteiger charge is -2.26. The third kappa shape index (κ3) is 8.56. The predicted octanol–water partition coefficient (Wildman–Crippen LogP) is 7.97. The minimum absolute atomic E-state index is 0.00302. The first-order chi connectivity index (χ1) is 32.0. The molecule has 2 saturated heterocycles. The van der Waals surface area contributed by atoms with Crippen molar-refractivity contribution in [1.29, 1.82) is 0 Å². The zero-order valence-corrected chi connectivity index (χ0v) is 36.2. The van der Waals surface area contributed by atoms with E-state index in [1.165, 1.54) is 11.1 Å². The number of hydrogen-bond acceptors (Lipinski definition) is 8. The first-order valence-corrected chi connectivity index (χ1v) is 22.6. The number of nitrogens with zero attached hydrogens (tertiary/aromatic N) is 4. The molecule has 2 amide bonds. The Kier molecular flexibility index (Phi) is 11.2. The molecule has 4 aliphatic heterocycles. The fourth-order valence-corrected chi connectivity index (χ4v) is 9.56.